The highest BCUT2D eigenvalue weighted by Crippen LogP contribution is 2.28. The van der Waals surface area contributed by atoms with Gasteiger partial charge in [-0.05, 0) is 64.8 Å². The normalized spacial score (nSPS) is 12.3. The number of hydrogen-bond donors (Lipinski definition) is 0. The summed E-state index contributed by atoms with van der Waals surface area (Å²) in [4.78, 5) is 11.5. The molecule has 4 aromatic rings. The lowest BCUT2D eigenvalue weighted by Gasteiger charge is -2.22. The van der Waals surface area contributed by atoms with Crippen LogP contribution in [0.2, 0.25) is 0 Å². The van der Waals surface area contributed by atoms with E-state index in [1.807, 2.05) is 36.7 Å². The molecule has 174 valence electrons. The molecule has 0 amide bonds. The Morgan fingerprint density at radius 1 is 0.647 bits per heavy atom. The van der Waals surface area contributed by atoms with Gasteiger partial charge in [0.25, 0.3) is 0 Å². The molecule has 0 saturated carbocycles. The van der Waals surface area contributed by atoms with E-state index in [9.17, 15) is 0 Å². The molecule has 2 aromatic carbocycles. The molecule has 4 rings (SSSR count). The van der Waals surface area contributed by atoms with E-state index < -0.39 is 0 Å². The topological polar surface area (TPSA) is 29.0 Å². The average molecular weight is 450 g/mol. The Kier molecular flexibility index (Phi) is 8.21. The zero-order valence-electron chi connectivity index (χ0n) is 20.6. The molecule has 2 heterocycles. The molecule has 1 atom stereocenters. The summed E-state index contributed by atoms with van der Waals surface area (Å²) in [6, 6.07) is 30.2. The summed E-state index contributed by atoms with van der Waals surface area (Å²) in [5.41, 5.74) is 7.42. The molecule has 0 radical (unpaired) electrons. The van der Waals surface area contributed by atoms with Crippen molar-refractivity contribution >= 4 is 0 Å². The van der Waals surface area contributed by atoms with Gasteiger partial charge in [-0.25, -0.2) is 0 Å². The fourth-order valence-electron chi connectivity index (χ4n) is 4.54. The fourth-order valence-corrected chi connectivity index (χ4v) is 4.54. The number of benzene rings is 2. The summed E-state index contributed by atoms with van der Waals surface area (Å²) in [5.74, 6) is 1.28. The zero-order valence-corrected chi connectivity index (χ0v) is 20.6. The monoisotopic (exact) mass is 449 g/mol. The molecular weight excluding hydrogens is 414 g/mol. The first-order chi connectivity index (χ1) is 16.6. The van der Waals surface area contributed by atoms with Crippen molar-refractivity contribution < 1.29 is 0 Å². The van der Waals surface area contributed by atoms with E-state index >= 15 is 0 Å². The Bertz CT molecular complexity index is 1100. The molecule has 3 heteroatoms. The van der Waals surface area contributed by atoms with Gasteiger partial charge in [0.1, 0.15) is 0 Å². The largest absolute Gasteiger partial charge is 0.287 e. The van der Waals surface area contributed by atoms with Crippen LogP contribution in [0.4, 0.5) is 0 Å². The lowest BCUT2D eigenvalue weighted by molar-refractivity contribution is 0.242. The van der Waals surface area contributed by atoms with Gasteiger partial charge >= 0.3 is 0 Å². The van der Waals surface area contributed by atoms with Crippen molar-refractivity contribution in [2.45, 2.75) is 52.7 Å². The lowest BCUT2D eigenvalue weighted by atomic mass is 9.90. The van der Waals surface area contributed by atoms with Crippen molar-refractivity contribution in [1.82, 2.24) is 14.9 Å². The maximum absolute atomic E-state index is 4.53. The van der Waals surface area contributed by atoms with Gasteiger partial charge in [0.15, 0.2) is 0 Å². The van der Waals surface area contributed by atoms with Crippen LogP contribution in [-0.4, -0.2) is 14.9 Å². The molecule has 0 aliphatic carbocycles. The lowest BCUT2D eigenvalue weighted by Crippen LogP contribution is -2.23. The van der Waals surface area contributed by atoms with Gasteiger partial charge in [0.05, 0.1) is 11.4 Å². The Hall–Kier alpha value is -3.30. The molecule has 0 aliphatic rings. The minimum atomic E-state index is 0.575. The molecule has 0 aliphatic heterocycles. The third kappa shape index (κ3) is 6.85. The van der Waals surface area contributed by atoms with Crippen LogP contribution >= 0.6 is 0 Å². The average Bonchev–Trinajstić information content (AvgIpc) is 2.85. The van der Waals surface area contributed by atoms with E-state index in [0.717, 1.165) is 31.0 Å². The number of hydrogen-bond acceptors (Lipinski definition) is 3. The van der Waals surface area contributed by atoms with Gasteiger partial charge in [0, 0.05) is 32.0 Å². The van der Waals surface area contributed by atoms with E-state index in [1.54, 1.807) is 0 Å². The zero-order chi connectivity index (χ0) is 23.8. The quantitative estimate of drug-likeness (QED) is 0.251. The highest BCUT2D eigenvalue weighted by Gasteiger charge is 2.12. The van der Waals surface area contributed by atoms with Crippen LogP contribution in [0.25, 0.3) is 11.1 Å². The molecule has 0 N–H and O–H groups in total. The molecule has 3 nitrogen and oxygen atoms in total. The number of aromatic nitrogens is 2. The van der Waals surface area contributed by atoms with Crippen LogP contribution in [0.1, 0.15) is 55.6 Å². The summed E-state index contributed by atoms with van der Waals surface area (Å²) in [5, 5.41) is 0. The van der Waals surface area contributed by atoms with Crippen LogP contribution in [0.3, 0.4) is 0 Å². The SMILES string of the molecule is CC(C)CC(C)c1cccc(-c2ccc(CN(Cc3ccccn3)Cc3ccccn3)cc2)c1. The molecule has 0 fully saturated rings. The number of rotatable bonds is 10. The first-order valence-electron chi connectivity index (χ1n) is 12.3. The Balaban J connectivity index is 1.49. The van der Waals surface area contributed by atoms with E-state index in [1.165, 1.54) is 28.7 Å². The van der Waals surface area contributed by atoms with Gasteiger partial charge in [-0.2, -0.15) is 0 Å². The van der Waals surface area contributed by atoms with Crippen molar-refractivity contribution in [3.8, 4) is 11.1 Å². The second-order valence-corrected chi connectivity index (χ2v) is 9.64. The van der Waals surface area contributed by atoms with E-state index in [0.29, 0.717) is 11.8 Å². The van der Waals surface area contributed by atoms with Gasteiger partial charge in [-0.15, -0.1) is 0 Å². The van der Waals surface area contributed by atoms with Crippen molar-refractivity contribution in [3.63, 3.8) is 0 Å². The van der Waals surface area contributed by atoms with E-state index in [-0.39, 0.29) is 0 Å². The Labute approximate surface area is 204 Å². The summed E-state index contributed by atoms with van der Waals surface area (Å²) in [6.07, 6.45) is 4.93. The molecule has 0 saturated heterocycles. The van der Waals surface area contributed by atoms with Crippen LogP contribution in [-0.2, 0) is 19.6 Å². The predicted octanol–water partition coefficient (Wildman–Crippen LogP) is 7.50. The third-order valence-electron chi connectivity index (χ3n) is 6.20. The standard InChI is InChI=1S/C31H35N3/c1-24(2)19-25(3)28-9-8-10-29(20-28)27-15-13-26(14-16-27)21-34(22-30-11-4-6-17-32-30)23-31-12-5-7-18-33-31/h4-18,20,24-25H,19,21-23H2,1-3H3. The fraction of sp³-hybridized carbons (Fsp3) is 0.290. The summed E-state index contributed by atoms with van der Waals surface area (Å²) >= 11 is 0. The maximum atomic E-state index is 4.53. The van der Waals surface area contributed by atoms with Crippen LogP contribution in [0.15, 0.2) is 97.3 Å². The van der Waals surface area contributed by atoms with Crippen molar-refractivity contribution in [1.29, 1.82) is 0 Å². The molecule has 2 aromatic heterocycles. The van der Waals surface area contributed by atoms with E-state index in [4.69, 9.17) is 0 Å². The van der Waals surface area contributed by atoms with Gasteiger partial charge < -0.3 is 0 Å². The second kappa shape index (κ2) is 11.7. The highest BCUT2D eigenvalue weighted by atomic mass is 15.1. The summed E-state index contributed by atoms with van der Waals surface area (Å²) < 4.78 is 0. The molecular formula is C31H35N3. The van der Waals surface area contributed by atoms with Gasteiger partial charge in [-0.3, -0.25) is 14.9 Å². The molecule has 0 bridgehead atoms. The van der Waals surface area contributed by atoms with Crippen LogP contribution in [0.5, 0.6) is 0 Å². The van der Waals surface area contributed by atoms with Crippen molar-refractivity contribution in [2.75, 3.05) is 0 Å². The first kappa shape index (κ1) is 23.8. The van der Waals surface area contributed by atoms with Crippen LogP contribution < -0.4 is 0 Å². The van der Waals surface area contributed by atoms with Gasteiger partial charge in [0.2, 0.25) is 0 Å². The van der Waals surface area contributed by atoms with Gasteiger partial charge in [-0.1, -0.05) is 81.4 Å². The Morgan fingerprint density at radius 2 is 1.29 bits per heavy atom. The summed E-state index contributed by atoms with van der Waals surface area (Å²) in [6.45, 7) is 9.34. The highest BCUT2D eigenvalue weighted by molar-refractivity contribution is 5.64. The molecule has 34 heavy (non-hydrogen) atoms. The van der Waals surface area contributed by atoms with Crippen molar-refractivity contribution in [2.24, 2.45) is 5.92 Å². The smallest absolute Gasteiger partial charge is 0.0544 e. The Morgan fingerprint density at radius 3 is 1.85 bits per heavy atom. The minimum Gasteiger partial charge on any atom is -0.287 e. The van der Waals surface area contributed by atoms with Crippen molar-refractivity contribution in [3.05, 3.63) is 120 Å². The second-order valence-electron chi connectivity index (χ2n) is 9.64. The minimum absolute atomic E-state index is 0.575. The summed E-state index contributed by atoms with van der Waals surface area (Å²) in [7, 11) is 0. The first-order valence-corrected chi connectivity index (χ1v) is 12.3. The number of nitrogens with zero attached hydrogens (tertiary/aromatic N) is 3. The number of pyridine rings is 2. The molecule has 0 spiro atoms. The van der Waals surface area contributed by atoms with Crippen LogP contribution in [0, 0.1) is 5.92 Å². The predicted molar refractivity (Wildman–Crippen MR) is 141 cm³/mol. The van der Waals surface area contributed by atoms with E-state index in [2.05, 4.69) is 96.3 Å². The third-order valence-corrected chi connectivity index (χ3v) is 6.20. The maximum Gasteiger partial charge on any atom is 0.0544 e. The molecule has 1 unspecified atom stereocenters.